The zero-order valence-electron chi connectivity index (χ0n) is 29.0. The average Bonchev–Trinajstić information content (AvgIpc) is 3.11. The van der Waals surface area contributed by atoms with Gasteiger partial charge in [-0.1, -0.05) is 25.5 Å². The Bertz CT molecular complexity index is 1750. The molecule has 48 heavy (non-hydrogen) atoms. The van der Waals surface area contributed by atoms with Crippen molar-refractivity contribution in [1.82, 2.24) is 34.7 Å². The predicted molar refractivity (Wildman–Crippen MR) is 199 cm³/mol. The van der Waals surface area contributed by atoms with Crippen molar-refractivity contribution in [3.63, 3.8) is 0 Å². The molecule has 6 rings (SSSR count). The third kappa shape index (κ3) is 7.13. The zero-order valence-corrected chi connectivity index (χ0v) is 29.8. The maximum Gasteiger partial charge on any atom is 0.239 e. The van der Waals surface area contributed by atoms with Crippen molar-refractivity contribution in [2.75, 3.05) is 86.6 Å². The van der Waals surface area contributed by atoms with Gasteiger partial charge in [-0.25, -0.2) is 4.98 Å². The van der Waals surface area contributed by atoms with E-state index < -0.39 is 0 Å². The lowest BCUT2D eigenvalue weighted by molar-refractivity contribution is 0.0981. The van der Waals surface area contributed by atoms with Crippen LogP contribution in [0.2, 0.25) is 0 Å². The molecule has 2 fully saturated rings. The number of allylic oxidation sites excluding steroid dienone is 1. The van der Waals surface area contributed by atoms with Gasteiger partial charge in [0.15, 0.2) is 0 Å². The van der Waals surface area contributed by atoms with Crippen LogP contribution in [0.5, 0.6) is 5.88 Å². The Morgan fingerprint density at radius 3 is 2.46 bits per heavy atom. The van der Waals surface area contributed by atoms with Crippen molar-refractivity contribution in [3.05, 3.63) is 54.5 Å². The molecule has 5 heterocycles. The number of nitrogens with one attached hydrogen (secondary N) is 2. The molecule has 2 aliphatic rings. The van der Waals surface area contributed by atoms with Gasteiger partial charge in [-0.15, -0.1) is 0 Å². The van der Waals surface area contributed by atoms with Crippen molar-refractivity contribution in [2.24, 2.45) is 0 Å². The van der Waals surface area contributed by atoms with Gasteiger partial charge in [0.2, 0.25) is 11.8 Å². The summed E-state index contributed by atoms with van der Waals surface area (Å²) < 4.78 is 7.91. The standard InChI is InChI=1S/C35H47N11OS/c1-8-24-21-29(34(47-6)42-33(24)46-15-11-25(12-16-46)45-19-17-43(4)18-20-45)40-35-38-22-26(23(2)3)32(41-35)39-28-10-9-27-30(37-14-13-36-27)31(28)44(5)48-7/h9-10,13-14,21-22,25H,2,8,11-12,15-20H2,1,3-7H3,(H2,38,39,40,41). The first-order chi connectivity index (χ1) is 23.3. The number of hydrogen-bond donors (Lipinski definition) is 2. The minimum Gasteiger partial charge on any atom is -0.479 e. The van der Waals surface area contributed by atoms with Crippen molar-refractivity contribution in [3.8, 4) is 5.88 Å². The van der Waals surface area contributed by atoms with Crippen LogP contribution >= 0.6 is 11.9 Å². The predicted octanol–water partition coefficient (Wildman–Crippen LogP) is 5.84. The summed E-state index contributed by atoms with van der Waals surface area (Å²) in [4.78, 5) is 31.3. The lowest BCUT2D eigenvalue weighted by Crippen LogP contribution is -2.52. The average molecular weight is 670 g/mol. The molecule has 0 atom stereocenters. The van der Waals surface area contributed by atoms with E-state index in [0.717, 1.165) is 109 Å². The Kier molecular flexibility index (Phi) is 10.5. The number of hydrogen-bond acceptors (Lipinski definition) is 13. The number of methoxy groups -OCH3 is 1. The first-order valence-corrected chi connectivity index (χ1v) is 17.8. The second kappa shape index (κ2) is 14.9. The summed E-state index contributed by atoms with van der Waals surface area (Å²) in [5.74, 6) is 2.57. The minimum absolute atomic E-state index is 0.422. The molecule has 0 amide bonds. The fourth-order valence-corrected chi connectivity index (χ4v) is 6.94. The van der Waals surface area contributed by atoms with Crippen LogP contribution in [0.1, 0.15) is 37.8 Å². The number of piperazine rings is 1. The number of rotatable bonds is 11. The fraction of sp³-hybridized carbons (Fsp3) is 0.457. The maximum absolute atomic E-state index is 5.84. The molecule has 2 saturated heterocycles. The van der Waals surface area contributed by atoms with Crippen LogP contribution in [0.15, 0.2) is 43.4 Å². The van der Waals surface area contributed by atoms with Crippen LogP contribution in [0.3, 0.4) is 0 Å². The molecule has 3 aromatic heterocycles. The molecule has 2 aliphatic heterocycles. The van der Waals surface area contributed by atoms with E-state index in [1.807, 2.05) is 32.4 Å². The molecule has 0 saturated carbocycles. The summed E-state index contributed by atoms with van der Waals surface area (Å²) in [6, 6.07) is 6.74. The van der Waals surface area contributed by atoms with E-state index in [2.05, 4.69) is 71.2 Å². The number of aryl methyl sites for hydroxylation is 1. The van der Waals surface area contributed by atoms with Crippen LogP contribution in [-0.2, 0) is 6.42 Å². The van der Waals surface area contributed by atoms with Crippen molar-refractivity contribution >= 4 is 63.2 Å². The Morgan fingerprint density at radius 1 is 1.02 bits per heavy atom. The normalized spacial score (nSPS) is 16.2. The van der Waals surface area contributed by atoms with Gasteiger partial charge in [-0.3, -0.25) is 14.9 Å². The number of ether oxygens (including phenoxy) is 1. The Labute approximate surface area is 288 Å². The van der Waals surface area contributed by atoms with Crippen molar-refractivity contribution in [2.45, 2.75) is 39.2 Å². The van der Waals surface area contributed by atoms with Gasteiger partial charge >= 0.3 is 0 Å². The van der Waals surface area contributed by atoms with E-state index in [1.165, 1.54) is 0 Å². The van der Waals surface area contributed by atoms with Gasteiger partial charge in [0, 0.05) is 82.8 Å². The maximum atomic E-state index is 5.84. The Hall–Kier alpha value is -4.20. The lowest BCUT2D eigenvalue weighted by Gasteiger charge is -2.42. The number of nitrogens with zero attached hydrogens (tertiary/aromatic N) is 9. The zero-order chi connectivity index (χ0) is 33.8. The molecule has 0 radical (unpaired) electrons. The molecular weight excluding hydrogens is 623 g/mol. The third-order valence-electron chi connectivity index (χ3n) is 9.39. The number of benzene rings is 1. The van der Waals surface area contributed by atoms with E-state index in [9.17, 15) is 0 Å². The molecule has 12 nitrogen and oxygen atoms in total. The quantitative estimate of drug-likeness (QED) is 0.187. The third-order valence-corrected chi connectivity index (χ3v) is 10.1. The first kappa shape index (κ1) is 33.7. The summed E-state index contributed by atoms with van der Waals surface area (Å²) in [6.07, 6.45) is 10.4. The topological polar surface area (TPSA) is 111 Å². The van der Waals surface area contributed by atoms with Gasteiger partial charge in [-0.2, -0.15) is 9.97 Å². The molecule has 2 N–H and O–H groups in total. The molecule has 0 unspecified atom stereocenters. The van der Waals surface area contributed by atoms with Crippen molar-refractivity contribution < 1.29 is 4.74 Å². The second-order valence-electron chi connectivity index (χ2n) is 12.5. The summed E-state index contributed by atoms with van der Waals surface area (Å²) in [7, 11) is 5.88. The lowest BCUT2D eigenvalue weighted by atomic mass is 10.0. The summed E-state index contributed by atoms with van der Waals surface area (Å²) in [6.45, 7) is 14.9. The number of fused-ring (bicyclic) bond motifs is 1. The number of pyridine rings is 1. The summed E-state index contributed by atoms with van der Waals surface area (Å²) in [5.41, 5.74) is 6.92. The highest BCUT2D eigenvalue weighted by molar-refractivity contribution is 7.99. The van der Waals surface area contributed by atoms with Crippen LogP contribution in [0.4, 0.5) is 34.6 Å². The largest absolute Gasteiger partial charge is 0.479 e. The van der Waals surface area contributed by atoms with Gasteiger partial charge in [-0.05, 0) is 62.6 Å². The highest BCUT2D eigenvalue weighted by Crippen LogP contribution is 2.38. The smallest absolute Gasteiger partial charge is 0.239 e. The molecular formula is C35H47N11OS. The summed E-state index contributed by atoms with van der Waals surface area (Å²) in [5, 5.41) is 6.96. The molecule has 0 aliphatic carbocycles. The summed E-state index contributed by atoms with van der Waals surface area (Å²) >= 11 is 1.59. The molecule has 1 aromatic carbocycles. The minimum atomic E-state index is 0.422. The van der Waals surface area contributed by atoms with E-state index in [0.29, 0.717) is 23.7 Å². The first-order valence-electron chi connectivity index (χ1n) is 16.6. The van der Waals surface area contributed by atoms with Gasteiger partial charge < -0.3 is 29.5 Å². The SMILES string of the molecule is C=C(C)c1cnc(Nc2cc(CC)c(N3CCC(N4CCN(C)CC4)CC3)nc2OC)nc1Nc1ccc2nccnc2c1N(C)SC. The number of likely N-dealkylation sites (N-methyl/N-ethyl adjacent to an activating group) is 1. The van der Waals surface area contributed by atoms with E-state index in [1.54, 1.807) is 37.6 Å². The van der Waals surface area contributed by atoms with Gasteiger partial charge in [0.05, 0.1) is 24.0 Å². The van der Waals surface area contributed by atoms with E-state index in [4.69, 9.17) is 14.7 Å². The number of anilines is 6. The van der Waals surface area contributed by atoms with Crippen LogP contribution < -0.4 is 24.6 Å². The fourth-order valence-electron chi connectivity index (χ4n) is 6.57. The van der Waals surface area contributed by atoms with Gasteiger partial charge in [0.25, 0.3) is 0 Å². The van der Waals surface area contributed by atoms with Crippen LogP contribution in [0, 0.1) is 0 Å². The number of piperidine rings is 1. The van der Waals surface area contributed by atoms with E-state index >= 15 is 0 Å². The van der Waals surface area contributed by atoms with E-state index in [-0.39, 0.29) is 0 Å². The van der Waals surface area contributed by atoms with Gasteiger partial charge in [0.1, 0.15) is 22.8 Å². The Morgan fingerprint density at radius 2 is 1.77 bits per heavy atom. The van der Waals surface area contributed by atoms with Crippen molar-refractivity contribution in [1.29, 1.82) is 0 Å². The monoisotopic (exact) mass is 669 g/mol. The molecule has 4 aromatic rings. The number of aromatic nitrogens is 5. The van der Waals surface area contributed by atoms with Crippen LogP contribution in [-0.4, -0.2) is 107 Å². The Balaban J connectivity index is 1.26. The second-order valence-corrected chi connectivity index (χ2v) is 13.4. The molecule has 0 spiro atoms. The highest BCUT2D eigenvalue weighted by Gasteiger charge is 2.29. The van der Waals surface area contributed by atoms with Crippen LogP contribution in [0.25, 0.3) is 16.6 Å². The molecule has 0 bridgehead atoms. The molecule has 254 valence electrons. The highest BCUT2D eigenvalue weighted by atomic mass is 32.2. The molecule has 13 heteroatoms.